The normalized spacial score (nSPS) is 22.5. The second kappa shape index (κ2) is 10.4. The van der Waals surface area contributed by atoms with Gasteiger partial charge in [0.2, 0.25) is 10.0 Å². The quantitative estimate of drug-likeness (QED) is 0.424. The van der Waals surface area contributed by atoms with Crippen molar-refractivity contribution >= 4 is 10.0 Å². The Bertz CT molecular complexity index is 977. The lowest BCUT2D eigenvalue weighted by Gasteiger charge is -2.33. The van der Waals surface area contributed by atoms with Crippen molar-refractivity contribution in [1.29, 1.82) is 0 Å². The number of phenols is 2. The third-order valence-corrected chi connectivity index (χ3v) is 8.70. The molecule has 2 N–H and O–H groups in total. The summed E-state index contributed by atoms with van der Waals surface area (Å²) in [6.45, 7) is 11.3. The summed E-state index contributed by atoms with van der Waals surface area (Å²) >= 11 is 0. The number of phenolic OH excluding ortho intramolecular Hbond substituents is 2. The first kappa shape index (κ1) is 24.8. The van der Waals surface area contributed by atoms with E-state index in [0.29, 0.717) is 30.8 Å². The average Bonchev–Trinajstić information content (AvgIpc) is 2.74. The van der Waals surface area contributed by atoms with Crippen LogP contribution in [0.2, 0.25) is 0 Å². The fourth-order valence-electron chi connectivity index (χ4n) is 4.89. The number of sulfonamides is 1. The second-order valence-corrected chi connectivity index (χ2v) is 11.0. The molecule has 0 saturated carbocycles. The minimum Gasteiger partial charge on any atom is -0.507 e. The molecular weight excluding hydrogens is 426 g/mol. The van der Waals surface area contributed by atoms with E-state index >= 15 is 0 Å². The molecule has 0 aromatic heterocycles. The lowest BCUT2D eigenvalue weighted by atomic mass is 9.73. The Labute approximate surface area is 192 Å². The SMILES string of the molecule is C=C(C)[C@@H]1CCC(C)=C[C@H]1c1c(O)cc(CCCCC)c(S(=O)(=O)N2CCOCC2)c1O. The number of aryl methyl sites for hydroxylation is 1. The molecule has 0 radical (unpaired) electrons. The van der Waals surface area contributed by atoms with E-state index in [9.17, 15) is 18.6 Å². The van der Waals surface area contributed by atoms with E-state index < -0.39 is 10.0 Å². The minimum absolute atomic E-state index is 0.0281. The Morgan fingerprint density at radius 2 is 1.94 bits per heavy atom. The summed E-state index contributed by atoms with van der Waals surface area (Å²) < 4.78 is 34.1. The van der Waals surface area contributed by atoms with Crippen LogP contribution in [0.25, 0.3) is 0 Å². The first-order chi connectivity index (χ1) is 15.2. The maximum Gasteiger partial charge on any atom is 0.247 e. The van der Waals surface area contributed by atoms with Crippen molar-refractivity contribution in [3.05, 3.63) is 41.0 Å². The van der Waals surface area contributed by atoms with Gasteiger partial charge in [-0.2, -0.15) is 4.31 Å². The Hall–Kier alpha value is -1.83. The number of morpholine rings is 1. The summed E-state index contributed by atoms with van der Waals surface area (Å²) in [5, 5.41) is 22.5. The summed E-state index contributed by atoms with van der Waals surface area (Å²) in [5.41, 5.74) is 2.90. The zero-order valence-corrected chi connectivity index (χ0v) is 20.4. The van der Waals surface area contributed by atoms with Gasteiger partial charge >= 0.3 is 0 Å². The largest absolute Gasteiger partial charge is 0.507 e. The van der Waals surface area contributed by atoms with Gasteiger partial charge in [-0.3, -0.25) is 0 Å². The lowest BCUT2D eigenvalue weighted by molar-refractivity contribution is 0.0729. The Morgan fingerprint density at radius 3 is 2.56 bits per heavy atom. The van der Waals surface area contributed by atoms with Crippen LogP contribution < -0.4 is 0 Å². The summed E-state index contributed by atoms with van der Waals surface area (Å²) in [6.07, 6.45) is 7.03. The average molecular weight is 464 g/mol. The monoisotopic (exact) mass is 463 g/mol. The van der Waals surface area contributed by atoms with E-state index in [4.69, 9.17) is 4.74 Å². The zero-order chi connectivity index (χ0) is 23.5. The van der Waals surface area contributed by atoms with Crippen molar-refractivity contribution < 1.29 is 23.4 Å². The van der Waals surface area contributed by atoms with E-state index in [0.717, 1.165) is 43.3 Å². The number of aromatic hydroxyl groups is 2. The predicted octanol–water partition coefficient (Wildman–Crippen LogP) is 4.87. The molecule has 1 aromatic rings. The molecule has 1 fully saturated rings. The molecule has 0 spiro atoms. The maximum atomic E-state index is 13.7. The molecule has 1 saturated heterocycles. The molecule has 2 atom stereocenters. The van der Waals surface area contributed by atoms with Crippen LogP contribution in [-0.4, -0.2) is 49.2 Å². The van der Waals surface area contributed by atoms with Crippen molar-refractivity contribution in [3.63, 3.8) is 0 Å². The molecule has 178 valence electrons. The van der Waals surface area contributed by atoms with Crippen LogP contribution in [-0.2, 0) is 21.2 Å². The van der Waals surface area contributed by atoms with Gasteiger partial charge in [-0.15, -0.1) is 0 Å². The van der Waals surface area contributed by atoms with Crippen LogP contribution in [0.5, 0.6) is 11.5 Å². The van der Waals surface area contributed by atoms with Gasteiger partial charge in [0.25, 0.3) is 0 Å². The highest BCUT2D eigenvalue weighted by molar-refractivity contribution is 7.89. The van der Waals surface area contributed by atoms with E-state index in [1.165, 1.54) is 4.31 Å². The zero-order valence-electron chi connectivity index (χ0n) is 19.6. The van der Waals surface area contributed by atoms with Crippen molar-refractivity contribution in [2.75, 3.05) is 26.3 Å². The molecular formula is C25H37NO5S. The first-order valence-electron chi connectivity index (χ1n) is 11.7. The molecule has 1 aliphatic heterocycles. The van der Waals surface area contributed by atoms with Gasteiger partial charge in [0.1, 0.15) is 16.4 Å². The van der Waals surface area contributed by atoms with Crippen LogP contribution in [0.4, 0.5) is 0 Å². The highest BCUT2D eigenvalue weighted by Crippen LogP contribution is 2.49. The molecule has 1 aliphatic carbocycles. The standard InChI is InChI=1S/C25H37NO5S/c1-5-6-7-8-19-16-22(27)23(21-15-18(4)9-10-20(21)17(2)3)24(28)25(19)32(29,30)26-11-13-31-14-12-26/h15-16,20-21,27-28H,2,5-14H2,1,3-4H3/t20-,21+/m0/s1. The third kappa shape index (κ3) is 5.05. The fourth-order valence-corrected chi connectivity index (χ4v) is 6.63. The van der Waals surface area contributed by atoms with Gasteiger partial charge in [-0.05, 0) is 57.1 Å². The van der Waals surface area contributed by atoms with Crippen LogP contribution in [0, 0.1) is 5.92 Å². The molecule has 7 heteroatoms. The van der Waals surface area contributed by atoms with Crippen molar-refractivity contribution in [2.24, 2.45) is 5.92 Å². The Balaban J connectivity index is 2.19. The van der Waals surface area contributed by atoms with Crippen LogP contribution >= 0.6 is 0 Å². The van der Waals surface area contributed by atoms with E-state index in [2.05, 4.69) is 13.5 Å². The van der Waals surface area contributed by atoms with Crippen LogP contribution in [0.1, 0.15) is 69.9 Å². The molecule has 2 aliphatic rings. The highest BCUT2D eigenvalue weighted by Gasteiger charge is 2.37. The van der Waals surface area contributed by atoms with E-state index in [1.54, 1.807) is 6.07 Å². The van der Waals surface area contributed by atoms with Crippen molar-refractivity contribution in [2.45, 2.75) is 70.1 Å². The number of unbranched alkanes of at least 4 members (excludes halogenated alkanes) is 2. The number of hydrogen-bond acceptors (Lipinski definition) is 5. The van der Waals surface area contributed by atoms with Crippen LogP contribution in [0.3, 0.4) is 0 Å². The fraction of sp³-hybridized carbons (Fsp3) is 0.600. The van der Waals surface area contributed by atoms with Crippen LogP contribution in [0.15, 0.2) is 34.8 Å². The summed E-state index contributed by atoms with van der Waals surface area (Å²) in [7, 11) is -3.94. The summed E-state index contributed by atoms with van der Waals surface area (Å²) in [6, 6.07) is 1.56. The number of nitrogens with zero attached hydrogens (tertiary/aromatic N) is 1. The number of benzene rings is 1. The number of allylic oxidation sites excluding steroid dienone is 3. The smallest absolute Gasteiger partial charge is 0.247 e. The van der Waals surface area contributed by atoms with Gasteiger partial charge in [-0.1, -0.05) is 43.6 Å². The molecule has 1 aromatic carbocycles. The molecule has 1 heterocycles. The molecule has 0 amide bonds. The summed E-state index contributed by atoms with van der Waals surface area (Å²) in [4.78, 5) is -0.0552. The Kier molecular flexibility index (Phi) is 8.06. The minimum atomic E-state index is -3.94. The number of ether oxygens (including phenoxy) is 1. The van der Waals surface area contributed by atoms with Gasteiger partial charge in [0.05, 0.1) is 13.2 Å². The predicted molar refractivity (Wildman–Crippen MR) is 127 cm³/mol. The second-order valence-electron chi connectivity index (χ2n) is 9.15. The van der Waals surface area contributed by atoms with Gasteiger partial charge in [0, 0.05) is 24.6 Å². The van der Waals surface area contributed by atoms with Gasteiger partial charge in [0.15, 0.2) is 0 Å². The molecule has 32 heavy (non-hydrogen) atoms. The molecule has 6 nitrogen and oxygen atoms in total. The lowest BCUT2D eigenvalue weighted by Crippen LogP contribution is -2.41. The van der Waals surface area contributed by atoms with E-state index in [-0.39, 0.29) is 41.3 Å². The number of rotatable bonds is 8. The highest BCUT2D eigenvalue weighted by atomic mass is 32.2. The Morgan fingerprint density at radius 1 is 1.25 bits per heavy atom. The topological polar surface area (TPSA) is 87.1 Å². The summed E-state index contributed by atoms with van der Waals surface area (Å²) in [5.74, 6) is -0.646. The molecule has 3 rings (SSSR count). The number of hydrogen-bond donors (Lipinski definition) is 2. The molecule has 0 bridgehead atoms. The maximum absolute atomic E-state index is 13.7. The molecule has 0 unspecified atom stereocenters. The van der Waals surface area contributed by atoms with Gasteiger partial charge < -0.3 is 14.9 Å². The van der Waals surface area contributed by atoms with E-state index in [1.807, 2.05) is 19.9 Å². The van der Waals surface area contributed by atoms with Crippen molar-refractivity contribution in [3.8, 4) is 11.5 Å². The third-order valence-electron chi connectivity index (χ3n) is 6.68. The first-order valence-corrected chi connectivity index (χ1v) is 13.1. The van der Waals surface area contributed by atoms with Crippen molar-refractivity contribution in [1.82, 2.24) is 4.31 Å². The van der Waals surface area contributed by atoms with Gasteiger partial charge in [-0.25, -0.2) is 8.42 Å².